The van der Waals surface area contributed by atoms with Gasteiger partial charge in [-0.25, -0.2) is 4.98 Å². The number of benzene rings is 3. The molecule has 0 aliphatic carbocycles. The van der Waals surface area contributed by atoms with E-state index in [-0.39, 0.29) is 5.56 Å². The zero-order valence-corrected chi connectivity index (χ0v) is 16.0. The van der Waals surface area contributed by atoms with Gasteiger partial charge < -0.3 is 0 Å². The summed E-state index contributed by atoms with van der Waals surface area (Å²) in [6.07, 6.45) is 0. The monoisotopic (exact) mass is 401 g/mol. The Morgan fingerprint density at radius 2 is 1.34 bits per heavy atom. The Kier molecular flexibility index (Phi) is 5.22. The van der Waals surface area contributed by atoms with Gasteiger partial charge >= 0.3 is 0 Å². The molecule has 0 bridgehead atoms. The Morgan fingerprint density at radius 3 is 2.10 bits per heavy atom. The first-order valence-electron chi connectivity index (χ1n) is 8.94. The number of hydrazine groups is 1. The van der Waals surface area contributed by atoms with Gasteiger partial charge in [0.2, 0.25) is 0 Å². The van der Waals surface area contributed by atoms with Crippen molar-refractivity contribution in [2.75, 3.05) is 0 Å². The number of nitrogens with one attached hydrogen (secondary N) is 2. The zero-order valence-electron chi connectivity index (χ0n) is 15.2. The van der Waals surface area contributed by atoms with E-state index in [2.05, 4.69) is 15.8 Å². The van der Waals surface area contributed by atoms with E-state index in [1.807, 2.05) is 54.6 Å². The molecule has 29 heavy (non-hydrogen) atoms. The molecule has 6 heteroatoms. The standard InChI is InChI=1S/C23H16ClN3O2/c24-19-12-6-4-11-17(19)22(28)26-27-23(29)18-14-21(15-8-2-1-3-9-15)25-20-13-7-5-10-16(18)20/h1-14H,(H,26,28)(H,27,29). The summed E-state index contributed by atoms with van der Waals surface area (Å²) < 4.78 is 0. The summed E-state index contributed by atoms with van der Waals surface area (Å²) in [5.41, 5.74) is 7.84. The number of hydrogen-bond donors (Lipinski definition) is 2. The van der Waals surface area contributed by atoms with E-state index >= 15 is 0 Å². The number of rotatable bonds is 3. The molecule has 5 nitrogen and oxygen atoms in total. The summed E-state index contributed by atoms with van der Waals surface area (Å²) in [7, 11) is 0. The Morgan fingerprint density at radius 1 is 0.724 bits per heavy atom. The van der Waals surface area contributed by atoms with Crippen LogP contribution in [-0.2, 0) is 0 Å². The van der Waals surface area contributed by atoms with Crippen molar-refractivity contribution in [1.82, 2.24) is 15.8 Å². The van der Waals surface area contributed by atoms with Crippen molar-refractivity contribution in [2.45, 2.75) is 0 Å². The highest BCUT2D eigenvalue weighted by molar-refractivity contribution is 6.33. The van der Waals surface area contributed by atoms with Crippen LogP contribution < -0.4 is 10.9 Å². The van der Waals surface area contributed by atoms with Crippen LogP contribution in [0.1, 0.15) is 20.7 Å². The molecular weight excluding hydrogens is 386 g/mol. The van der Waals surface area contributed by atoms with Crippen molar-refractivity contribution in [3.8, 4) is 11.3 Å². The van der Waals surface area contributed by atoms with Crippen LogP contribution in [0.2, 0.25) is 5.02 Å². The second-order valence-electron chi connectivity index (χ2n) is 6.33. The highest BCUT2D eigenvalue weighted by Crippen LogP contribution is 2.24. The van der Waals surface area contributed by atoms with E-state index in [1.165, 1.54) is 0 Å². The molecule has 0 unspecified atom stereocenters. The fraction of sp³-hybridized carbons (Fsp3) is 0. The highest BCUT2D eigenvalue weighted by Gasteiger charge is 2.16. The molecule has 0 aliphatic heterocycles. The fourth-order valence-corrected chi connectivity index (χ4v) is 3.24. The van der Waals surface area contributed by atoms with Gasteiger partial charge in [-0.05, 0) is 24.3 Å². The van der Waals surface area contributed by atoms with Gasteiger partial charge in [-0.2, -0.15) is 0 Å². The van der Waals surface area contributed by atoms with Crippen molar-refractivity contribution in [1.29, 1.82) is 0 Å². The lowest BCUT2D eigenvalue weighted by atomic mass is 10.0. The number of carbonyl (C=O) groups excluding carboxylic acids is 2. The van der Waals surface area contributed by atoms with Gasteiger partial charge in [0.15, 0.2) is 0 Å². The maximum atomic E-state index is 12.9. The van der Waals surface area contributed by atoms with Gasteiger partial charge in [-0.3, -0.25) is 20.4 Å². The molecule has 0 saturated carbocycles. The molecule has 3 aromatic carbocycles. The molecule has 142 valence electrons. The van der Waals surface area contributed by atoms with Gasteiger partial charge in [-0.15, -0.1) is 0 Å². The molecule has 0 aliphatic rings. The van der Waals surface area contributed by atoms with Gasteiger partial charge in [0.25, 0.3) is 11.8 Å². The first-order chi connectivity index (χ1) is 14.1. The average Bonchev–Trinajstić information content (AvgIpc) is 2.77. The number of amides is 2. The Hall–Kier alpha value is -3.70. The van der Waals surface area contributed by atoms with Crippen LogP contribution in [-0.4, -0.2) is 16.8 Å². The lowest BCUT2D eigenvalue weighted by molar-refractivity contribution is 0.0847. The van der Waals surface area contributed by atoms with E-state index in [1.54, 1.807) is 30.3 Å². The highest BCUT2D eigenvalue weighted by atomic mass is 35.5. The number of fused-ring (bicyclic) bond motifs is 1. The Labute approximate surface area is 172 Å². The van der Waals surface area contributed by atoms with Crippen LogP contribution in [0.5, 0.6) is 0 Å². The van der Waals surface area contributed by atoms with Crippen LogP contribution in [0.25, 0.3) is 22.2 Å². The van der Waals surface area contributed by atoms with E-state index in [0.29, 0.717) is 27.2 Å². The number of hydrogen-bond acceptors (Lipinski definition) is 3. The number of nitrogens with zero attached hydrogens (tertiary/aromatic N) is 1. The third-order valence-electron chi connectivity index (χ3n) is 4.44. The maximum absolute atomic E-state index is 12.9. The van der Waals surface area contributed by atoms with Crippen LogP contribution in [0.15, 0.2) is 84.9 Å². The smallest absolute Gasteiger partial charge is 0.267 e. The largest absolute Gasteiger partial charge is 0.271 e. The van der Waals surface area contributed by atoms with Crippen molar-refractivity contribution in [3.05, 3.63) is 101 Å². The summed E-state index contributed by atoms with van der Waals surface area (Å²) >= 11 is 6.04. The van der Waals surface area contributed by atoms with Crippen LogP contribution >= 0.6 is 11.6 Å². The second-order valence-corrected chi connectivity index (χ2v) is 6.73. The number of aromatic nitrogens is 1. The minimum Gasteiger partial charge on any atom is -0.267 e. The summed E-state index contributed by atoms with van der Waals surface area (Å²) in [4.78, 5) is 29.9. The summed E-state index contributed by atoms with van der Waals surface area (Å²) in [5.74, 6) is -0.938. The van der Waals surface area contributed by atoms with Gasteiger partial charge in [0.1, 0.15) is 0 Å². The zero-order chi connectivity index (χ0) is 20.2. The minimum atomic E-state index is -0.495. The molecule has 0 fully saturated rings. The Balaban J connectivity index is 1.65. The summed E-state index contributed by atoms with van der Waals surface area (Å²) in [6, 6.07) is 25.3. The predicted molar refractivity (Wildman–Crippen MR) is 114 cm³/mol. The number of pyridine rings is 1. The normalized spacial score (nSPS) is 10.5. The van der Waals surface area contributed by atoms with Crippen LogP contribution in [0.3, 0.4) is 0 Å². The molecule has 4 rings (SSSR count). The molecule has 2 amide bonds. The molecule has 1 aromatic heterocycles. The molecule has 2 N–H and O–H groups in total. The van der Waals surface area contributed by atoms with Gasteiger partial charge in [0.05, 0.1) is 27.4 Å². The minimum absolute atomic E-state index is 0.277. The number of halogens is 1. The number of carbonyl (C=O) groups is 2. The maximum Gasteiger partial charge on any atom is 0.271 e. The van der Waals surface area contributed by atoms with Crippen LogP contribution in [0.4, 0.5) is 0 Å². The van der Waals surface area contributed by atoms with Crippen LogP contribution in [0, 0.1) is 0 Å². The fourth-order valence-electron chi connectivity index (χ4n) is 3.01. The average molecular weight is 402 g/mol. The molecule has 0 atom stereocenters. The van der Waals surface area contributed by atoms with Gasteiger partial charge in [0, 0.05) is 10.9 Å². The lowest BCUT2D eigenvalue weighted by Crippen LogP contribution is -2.41. The second kappa shape index (κ2) is 8.12. The molecule has 1 heterocycles. The van der Waals surface area contributed by atoms with Crippen molar-refractivity contribution in [2.24, 2.45) is 0 Å². The lowest BCUT2D eigenvalue weighted by Gasteiger charge is -2.12. The molecule has 0 saturated heterocycles. The Bertz CT molecular complexity index is 1210. The first-order valence-corrected chi connectivity index (χ1v) is 9.32. The molecule has 4 aromatic rings. The topological polar surface area (TPSA) is 71.1 Å². The third-order valence-corrected chi connectivity index (χ3v) is 4.77. The van der Waals surface area contributed by atoms with Crippen molar-refractivity contribution >= 4 is 34.3 Å². The first kappa shape index (κ1) is 18.7. The van der Waals surface area contributed by atoms with Crippen molar-refractivity contribution in [3.63, 3.8) is 0 Å². The molecular formula is C23H16ClN3O2. The molecule has 0 spiro atoms. The van der Waals surface area contributed by atoms with Gasteiger partial charge in [-0.1, -0.05) is 72.3 Å². The quantitative estimate of drug-likeness (QED) is 0.492. The summed E-state index contributed by atoms with van der Waals surface area (Å²) in [5, 5.41) is 0.997. The predicted octanol–water partition coefficient (Wildman–Crippen LogP) is 4.63. The third kappa shape index (κ3) is 3.95. The van der Waals surface area contributed by atoms with E-state index in [0.717, 1.165) is 5.56 Å². The van der Waals surface area contributed by atoms with Crippen molar-refractivity contribution < 1.29 is 9.59 Å². The number of para-hydroxylation sites is 1. The van der Waals surface area contributed by atoms with E-state index < -0.39 is 11.8 Å². The van der Waals surface area contributed by atoms with E-state index in [9.17, 15) is 9.59 Å². The SMILES string of the molecule is O=C(NNC(=O)c1cc(-c2ccccc2)nc2ccccc12)c1ccccc1Cl. The molecule has 0 radical (unpaired) electrons. The summed E-state index contributed by atoms with van der Waals surface area (Å²) in [6.45, 7) is 0. The van der Waals surface area contributed by atoms with E-state index in [4.69, 9.17) is 11.6 Å².